The van der Waals surface area contributed by atoms with E-state index in [1.807, 2.05) is 30.3 Å². The Labute approximate surface area is 265 Å². The molecule has 0 radical (unpaired) electrons. The van der Waals surface area contributed by atoms with E-state index in [2.05, 4.69) is 64.7 Å². The summed E-state index contributed by atoms with van der Waals surface area (Å²) in [5.74, 6) is 1.01. The minimum atomic E-state index is -0.00571. The van der Waals surface area contributed by atoms with E-state index < -0.39 is 0 Å². The molecule has 1 saturated heterocycles. The van der Waals surface area contributed by atoms with Gasteiger partial charge in [0.1, 0.15) is 5.75 Å². The minimum absolute atomic E-state index is 0.00571. The number of carbonyl (C=O) groups excluding carboxylic acids is 1. The fourth-order valence-corrected chi connectivity index (χ4v) is 7.03. The van der Waals surface area contributed by atoms with Crippen LogP contribution in [0.1, 0.15) is 47.1 Å². The Morgan fingerprint density at radius 1 is 0.953 bits per heavy atom. The first-order valence-corrected chi connectivity index (χ1v) is 15.9. The molecule has 226 valence electrons. The number of methoxy groups -OCH3 is 1. The highest BCUT2D eigenvalue weighted by Crippen LogP contribution is 2.37. The molecule has 1 saturated carbocycles. The summed E-state index contributed by atoms with van der Waals surface area (Å²) in [6.45, 7) is 5.76. The number of ether oxygens (including phenoxy) is 1. The third-order valence-electron chi connectivity index (χ3n) is 8.98. The number of nitrogens with one attached hydrogen (secondary N) is 2. The fourth-order valence-electron chi connectivity index (χ4n) is 6.51. The molecular formula is C35H40Cl2N4O2. The summed E-state index contributed by atoms with van der Waals surface area (Å²) in [6.07, 6.45) is 2.93. The number of benzene rings is 3. The molecule has 6 nitrogen and oxygen atoms in total. The summed E-state index contributed by atoms with van der Waals surface area (Å²) in [5, 5.41) is 8.67. The van der Waals surface area contributed by atoms with Gasteiger partial charge in [-0.2, -0.15) is 0 Å². The maximum Gasteiger partial charge on any atom is 0.252 e. The standard InChI is InChI=1S/C35H40Cl2N4O2/c1-22-25(6-4-9-33(22)43-3)20-41(27-14-15-27)35(42)34-28(16-26-17-38-18-32(34)39-26)24-12-10-23(11-13-24)19-40(2)21-29-30(36)7-5-8-31(29)37/h4-13,26-27,32,38-39H,14-21H2,1-3H3/t26-,32+/m0/s1. The first-order valence-electron chi connectivity index (χ1n) is 15.2. The molecule has 8 heteroatoms. The number of amides is 1. The lowest BCUT2D eigenvalue weighted by molar-refractivity contribution is -0.128. The number of fused-ring (bicyclic) bond motifs is 2. The molecule has 2 N–H and O–H groups in total. The van der Waals surface area contributed by atoms with Gasteiger partial charge in [0.05, 0.1) is 13.2 Å². The van der Waals surface area contributed by atoms with E-state index in [4.69, 9.17) is 27.9 Å². The van der Waals surface area contributed by atoms with Gasteiger partial charge in [0.15, 0.2) is 0 Å². The molecule has 2 fully saturated rings. The van der Waals surface area contributed by atoms with Gasteiger partial charge in [0, 0.05) is 66.0 Å². The predicted molar refractivity (Wildman–Crippen MR) is 174 cm³/mol. The van der Waals surface area contributed by atoms with Gasteiger partial charge in [-0.1, -0.05) is 65.7 Å². The zero-order valence-electron chi connectivity index (χ0n) is 25.1. The zero-order valence-corrected chi connectivity index (χ0v) is 26.6. The van der Waals surface area contributed by atoms with Crippen LogP contribution in [0.2, 0.25) is 10.0 Å². The molecule has 0 unspecified atom stereocenters. The minimum Gasteiger partial charge on any atom is -0.496 e. The Morgan fingerprint density at radius 3 is 2.37 bits per heavy atom. The van der Waals surface area contributed by atoms with E-state index in [0.717, 1.165) is 72.5 Å². The first kappa shape index (κ1) is 30.2. The van der Waals surface area contributed by atoms with Gasteiger partial charge in [0.2, 0.25) is 0 Å². The lowest BCUT2D eigenvalue weighted by atomic mass is 9.83. The summed E-state index contributed by atoms with van der Waals surface area (Å²) in [7, 11) is 3.77. The van der Waals surface area contributed by atoms with E-state index in [-0.39, 0.29) is 18.0 Å². The largest absolute Gasteiger partial charge is 0.496 e. The molecule has 6 rings (SSSR count). The Morgan fingerprint density at radius 2 is 1.67 bits per heavy atom. The molecule has 0 aromatic heterocycles. The van der Waals surface area contributed by atoms with Crippen molar-refractivity contribution in [2.24, 2.45) is 0 Å². The molecule has 0 spiro atoms. The SMILES string of the molecule is COc1cccc(CN(C(=O)C2=C(c3ccc(CN(C)Cc4c(Cl)cccc4Cl)cc3)C[C@H]3CNC[C@H]2N3)C2CC2)c1C. The second-order valence-corrected chi connectivity index (χ2v) is 13.0. The fraction of sp³-hybridized carbons (Fsp3) is 0.400. The second-order valence-electron chi connectivity index (χ2n) is 12.1. The van der Waals surface area contributed by atoms with E-state index in [0.29, 0.717) is 29.2 Å². The molecule has 2 aliphatic heterocycles. The van der Waals surface area contributed by atoms with Crippen molar-refractivity contribution in [2.75, 3.05) is 27.2 Å². The summed E-state index contributed by atoms with van der Waals surface area (Å²) < 4.78 is 5.58. The average Bonchev–Trinajstić information content (AvgIpc) is 3.84. The number of piperazine rings is 1. The van der Waals surface area contributed by atoms with E-state index in [1.165, 1.54) is 11.1 Å². The van der Waals surface area contributed by atoms with E-state index >= 15 is 0 Å². The lowest BCUT2D eigenvalue weighted by Crippen LogP contribution is -2.60. The van der Waals surface area contributed by atoms with Crippen LogP contribution < -0.4 is 15.4 Å². The number of carbonyl (C=O) groups is 1. The number of hydrogen-bond acceptors (Lipinski definition) is 5. The molecule has 1 amide bonds. The smallest absolute Gasteiger partial charge is 0.252 e. The van der Waals surface area contributed by atoms with Crippen LogP contribution in [0.15, 0.2) is 66.2 Å². The normalized spacial score (nSPS) is 20.0. The van der Waals surface area contributed by atoms with Crippen LogP contribution >= 0.6 is 23.2 Å². The molecule has 43 heavy (non-hydrogen) atoms. The molecule has 1 aliphatic carbocycles. The van der Waals surface area contributed by atoms with Gasteiger partial charge in [-0.15, -0.1) is 0 Å². The van der Waals surface area contributed by atoms with E-state index in [9.17, 15) is 4.79 Å². The number of halogens is 2. The molecule has 3 aliphatic rings. The number of hydrogen-bond donors (Lipinski definition) is 2. The van der Waals surface area contributed by atoms with Crippen LogP contribution in [0.4, 0.5) is 0 Å². The average molecular weight is 620 g/mol. The van der Waals surface area contributed by atoms with Gasteiger partial charge in [0.25, 0.3) is 5.91 Å². The van der Waals surface area contributed by atoms with Gasteiger partial charge in [-0.3, -0.25) is 9.69 Å². The summed E-state index contributed by atoms with van der Waals surface area (Å²) in [4.78, 5) is 18.8. The molecular weight excluding hydrogens is 579 g/mol. The molecule has 3 aromatic rings. The highest BCUT2D eigenvalue weighted by atomic mass is 35.5. The van der Waals surface area contributed by atoms with Crippen LogP contribution in [0.25, 0.3) is 5.57 Å². The van der Waals surface area contributed by atoms with Gasteiger partial charge >= 0.3 is 0 Å². The Kier molecular flexibility index (Phi) is 9.13. The maximum absolute atomic E-state index is 14.5. The van der Waals surface area contributed by atoms with Gasteiger partial charge in [-0.05, 0) is 79.3 Å². The Bertz CT molecular complexity index is 1500. The van der Waals surface area contributed by atoms with Crippen molar-refractivity contribution >= 4 is 34.7 Å². The van der Waals surface area contributed by atoms with Crippen molar-refractivity contribution in [1.82, 2.24) is 20.4 Å². The molecule has 2 heterocycles. The van der Waals surface area contributed by atoms with Crippen LogP contribution in [0, 0.1) is 6.92 Å². The highest BCUT2D eigenvalue weighted by molar-refractivity contribution is 6.35. The predicted octanol–water partition coefficient (Wildman–Crippen LogP) is 6.22. The summed E-state index contributed by atoms with van der Waals surface area (Å²) in [6, 6.07) is 21.1. The number of nitrogens with zero attached hydrogens (tertiary/aromatic N) is 2. The van der Waals surface area contributed by atoms with Crippen molar-refractivity contribution in [1.29, 1.82) is 0 Å². The van der Waals surface area contributed by atoms with Crippen LogP contribution in [-0.2, 0) is 24.4 Å². The first-order chi connectivity index (χ1) is 20.8. The van der Waals surface area contributed by atoms with Crippen LogP contribution in [0.3, 0.4) is 0 Å². The van der Waals surface area contributed by atoms with Gasteiger partial charge in [-0.25, -0.2) is 0 Å². The van der Waals surface area contributed by atoms with E-state index in [1.54, 1.807) is 7.11 Å². The molecule has 2 bridgehead atoms. The Balaban J connectivity index is 1.26. The topological polar surface area (TPSA) is 56.8 Å². The second kappa shape index (κ2) is 13.0. The van der Waals surface area contributed by atoms with Crippen molar-refractivity contribution in [3.8, 4) is 5.75 Å². The quantitative estimate of drug-likeness (QED) is 0.282. The summed E-state index contributed by atoms with van der Waals surface area (Å²) >= 11 is 12.8. The van der Waals surface area contributed by atoms with Crippen molar-refractivity contribution in [2.45, 2.75) is 63.9 Å². The maximum atomic E-state index is 14.5. The third kappa shape index (κ3) is 6.64. The molecule has 2 atom stereocenters. The van der Waals surface area contributed by atoms with Crippen LogP contribution in [-0.4, -0.2) is 61.1 Å². The van der Waals surface area contributed by atoms with Gasteiger partial charge < -0.3 is 20.3 Å². The third-order valence-corrected chi connectivity index (χ3v) is 9.69. The summed E-state index contributed by atoms with van der Waals surface area (Å²) in [5.41, 5.74) is 7.60. The zero-order chi connectivity index (χ0) is 30.1. The van der Waals surface area contributed by atoms with Crippen LogP contribution in [0.5, 0.6) is 5.75 Å². The number of rotatable bonds is 10. The van der Waals surface area contributed by atoms with Crippen molar-refractivity contribution in [3.63, 3.8) is 0 Å². The highest BCUT2D eigenvalue weighted by Gasteiger charge is 2.41. The lowest BCUT2D eigenvalue weighted by Gasteiger charge is -2.41. The Hall–Kier alpha value is -2.87. The van der Waals surface area contributed by atoms with Crippen molar-refractivity contribution in [3.05, 3.63) is 104 Å². The van der Waals surface area contributed by atoms with Crippen molar-refractivity contribution < 1.29 is 9.53 Å². The molecule has 3 aromatic carbocycles. The monoisotopic (exact) mass is 618 g/mol.